The van der Waals surface area contributed by atoms with Crippen molar-refractivity contribution in [1.29, 1.82) is 0 Å². The molecular weight excluding hydrogens is 240 g/mol. The highest BCUT2D eigenvalue weighted by atomic mass is 16.2. The molecule has 1 N–H and O–H groups in total. The van der Waals surface area contributed by atoms with Crippen molar-refractivity contribution in [3.05, 3.63) is 0 Å². The fourth-order valence-electron chi connectivity index (χ4n) is 2.98. The number of amides is 2. The van der Waals surface area contributed by atoms with Crippen LogP contribution in [0.15, 0.2) is 0 Å². The van der Waals surface area contributed by atoms with Crippen LogP contribution in [0.25, 0.3) is 0 Å². The summed E-state index contributed by atoms with van der Waals surface area (Å²) in [6.07, 6.45) is 3.25. The lowest BCUT2D eigenvalue weighted by atomic mass is 9.96. The zero-order valence-electron chi connectivity index (χ0n) is 12.9. The topological polar surface area (TPSA) is 49.4 Å². The lowest BCUT2D eigenvalue weighted by Gasteiger charge is -2.42. The molecule has 0 radical (unpaired) electrons. The smallest absolute Gasteiger partial charge is 0.246 e. The van der Waals surface area contributed by atoms with Crippen LogP contribution in [-0.4, -0.2) is 34.8 Å². The molecule has 1 aliphatic rings. The molecule has 0 saturated carbocycles. The highest BCUT2D eigenvalue weighted by Crippen LogP contribution is 2.22. The molecule has 0 aromatic carbocycles. The summed E-state index contributed by atoms with van der Waals surface area (Å²) in [5, 5.41) is 2.88. The number of nitrogens with zero attached hydrogens (tertiary/aromatic N) is 1. The van der Waals surface area contributed by atoms with Crippen LogP contribution in [0.1, 0.15) is 60.3 Å². The van der Waals surface area contributed by atoms with Gasteiger partial charge in [0.25, 0.3) is 0 Å². The molecule has 1 aliphatic heterocycles. The quantitative estimate of drug-likeness (QED) is 0.803. The number of hydrogen-bond acceptors (Lipinski definition) is 2. The largest absolute Gasteiger partial charge is 0.343 e. The second kappa shape index (κ2) is 6.92. The molecule has 1 rings (SSSR count). The molecule has 1 saturated heterocycles. The van der Waals surface area contributed by atoms with Gasteiger partial charge in [0.15, 0.2) is 0 Å². The molecule has 1 fully saturated rings. The van der Waals surface area contributed by atoms with Crippen molar-refractivity contribution in [1.82, 2.24) is 10.2 Å². The molecule has 1 heterocycles. The van der Waals surface area contributed by atoms with Crippen LogP contribution in [0, 0.1) is 5.92 Å². The van der Waals surface area contributed by atoms with Crippen molar-refractivity contribution >= 4 is 11.8 Å². The lowest BCUT2D eigenvalue weighted by molar-refractivity contribution is -0.152. The average molecular weight is 268 g/mol. The Balaban J connectivity index is 2.91. The minimum absolute atomic E-state index is 0.0103. The summed E-state index contributed by atoms with van der Waals surface area (Å²) < 4.78 is 0. The molecule has 110 valence electrons. The minimum atomic E-state index is -0.324. The Morgan fingerprint density at radius 2 is 1.84 bits per heavy atom. The van der Waals surface area contributed by atoms with Gasteiger partial charge in [0.05, 0.1) is 0 Å². The van der Waals surface area contributed by atoms with Crippen molar-refractivity contribution in [2.24, 2.45) is 5.92 Å². The first-order valence-corrected chi connectivity index (χ1v) is 7.54. The van der Waals surface area contributed by atoms with Crippen molar-refractivity contribution < 1.29 is 9.59 Å². The third-order valence-electron chi connectivity index (χ3n) is 3.76. The second-order valence-corrected chi connectivity index (χ2v) is 6.00. The average Bonchev–Trinajstić information content (AvgIpc) is 2.32. The Morgan fingerprint density at radius 3 is 2.32 bits per heavy atom. The Bertz CT molecular complexity index is 328. The van der Waals surface area contributed by atoms with Gasteiger partial charge in [-0.1, -0.05) is 34.1 Å². The molecular formula is C15H28N2O2. The van der Waals surface area contributed by atoms with Crippen LogP contribution in [0.2, 0.25) is 0 Å². The van der Waals surface area contributed by atoms with Crippen LogP contribution in [0.3, 0.4) is 0 Å². The van der Waals surface area contributed by atoms with Crippen LogP contribution in [-0.2, 0) is 9.59 Å². The van der Waals surface area contributed by atoms with E-state index in [0.29, 0.717) is 12.3 Å². The van der Waals surface area contributed by atoms with E-state index < -0.39 is 0 Å². The van der Waals surface area contributed by atoms with Gasteiger partial charge in [0.2, 0.25) is 11.8 Å². The van der Waals surface area contributed by atoms with Crippen molar-refractivity contribution in [2.45, 2.75) is 78.4 Å². The van der Waals surface area contributed by atoms with E-state index in [-0.39, 0.29) is 29.9 Å². The number of nitrogens with one attached hydrogen (secondary N) is 1. The van der Waals surface area contributed by atoms with Crippen molar-refractivity contribution in [3.63, 3.8) is 0 Å². The second-order valence-electron chi connectivity index (χ2n) is 6.00. The highest BCUT2D eigenvalue weighted by molar-refractivity contribution is 5.97. The van der Waals surface area contributed by atoms with Crippen molar-refractivity contribution in [2.75, 3.05) is 0 Å². The third-order valence-corrected chi connectivity index (χ3v) is 3.76. The monoisotopic (exact) mass is 268 g/mol. The normalized spacial score (nSPS) is 25.7. The van der Waals surface area contributed by atoms with Crippen LogP contribution < -0.4 is 5.32 Å². The first-order valence-electron chi connectivity index (χ1n) is 7.54. The predicted molar refractivity (Wildman–Crippen MR) is 76.7 cm³/mol. The fourth-order valence-corrected chi connectivity index (χ4v) is 2.98. The van der Waals surface area contributed by atoms with Gasteiger partial charge in [0.1, 0.15) is 12.1 Å². The number of piperazine rings is 1. The maximum Gasteiger partial charge on any atom is 0.246 e. The molecule has 3 atom stereocenters. The number of hydrogen-bond donors (Lipinski definition) is 1. The first kappa shape index (κ1) is 16.0. The van der Waals surface area contributed by atoms with Crippen LogP contribution in [0.4, 0.5) is 0 Å². The summed E-state index contributed by atoms with van der Waals surface area (Å²) in [5.41, 5.74) is 0. The minimum Gasteiger partial charge on any atom is -0.343 e. The summed E-state index contributed by atoms with van der Waals surface area (Å²) in [7, 11) is 0. The van der Waals surface area contributed by atoms with Crippen LogP contribution >= 0.6 is 0 Å². The summed E-state index contributed by atoms with van der Waals surface area (Å²) in [6.45, 7) is 10.4. The van der Waals surface area contributed by atoms with E-state index in [1.165, 1.54) is 0 Å². The van der Waals surface area contributed by atoms with Gasteiger partial charge in [-0.15, -0.1) is 0 Å². The van der Waals surface area contributed by atoms with Crippen molar-refractivity contribution in [3.8, 4) is 0 Å². The van der Waals surface area contributed by atoms with E-state index in [0.717, 1.165) is 19.3 Å². The summed E-state index contributed by atoms with van der Waals surface area (Å²) >= 11 is 0. The number of rotatable bonds is 6. The molecule has 3 unspecified atom stereocenters. The number of carbonyl (C=O) groups is 2. The highest BCUT2D eigenvalue weighted by Gasteiger charge is 2.41. The molecule has 4 heteroatoms. The van der Waals surface area contributed by atoms with Gasteiger partial charge < -0.3 is 10.2 Å². The Kier molecular flexibility index (Phi) is 5.83. The molecule has 0 aliphatic carbocycles. The van der Waals surface area contributed by atoms with E-state index in [2.05, 4.69) is 26.1 Å². The Labute approximate surface area is 116 Å². The molecule has 19 heavy (non-hydrogen) atoms. The molecule has 2 amide bonds. The molecule has 0 aromatic heterocycles. The third kappa shape index (κ3) is 3.71. The zero-order valence-corrected chi connectivity index (χ0v) is 12.9. The van der Waals surface area contributed by atoms with E-state index in [1.54, 1.807) is 0 Å². The van der Waals surface area contributed by atoms with Gasteiger partial charge >= 0.3 is 0 Å². The Hall–Kier alpha value is -1.06. The Morgan fingerprint density at radius 1 is 1.21 bits per heavy atom. The zero-order chi connectivity index (χ0) is 14.6. The van der Waals surface area contributed by atoms with Gasteiger partial charge in [0, 0.05) is 6.04 Å². The lowest BCUT2D eigenvalue weighted by Crippen LogP contribution is -2.65. The van der Waals surface area contributed by atoms with E-state index in [9.17, 15) is 9.59 Å². The van der Waals surface area contributed by atoms with E-state index in [1.807, 2.05) is 18.7 Å². The fraction of sp³-hybridized carbons (Fsp3) is 0.867. The summed E-state index contributed by atoms with van der Waals surface area (Å²) in [6, 6.07) is -0.493. The molecule has 0 spiro atoms. The maximum atomic E-state index is 12.6. The predicted octanol–water partition coefficient (Wildman–Crippen LogP) is 2.33. The summed E-state index contributed by atoms with van der Waals surface area (Å²) in [4.78, 5) is 26.5. The first-order chi connectivity index (χ1) is 8.92. The van der Waals surface area contributed by atoms with Crippen LogP contribution in [0.5, 0.6) is 0 Å². The van der Waals surface area contributed by atoms with Gasteiger partial charge in [-0.3, -0.25) is 9.59 Å². The maximum absolute atomic E-state index is 12.6. The van der Waals surface area contributed by atoms with Gasteiger partial charge in [-0.05, 0) is 32.1 Å². The van der Waals surface area contributed by atoms with E-state index >= 15 is 0 Å². The standard InChI is InChI=1S/C15H28N2O2/c1-6-8-12-15(19)17(11(5)9-10(3)4)13(7-2)14(18)16-12/h10-13H,6-9H2,1-5H3,(H,16,18). The van der Waals surface area contributed by atoms with E-state index in [4.69, 9.17) is 0 Å². The molecule has 0 aromatic rings. The van der Waals surface area contributed by atoms with Gasteiger partial charge in [-0.25, -0.2) is 0 Å². The molecule has 4 nitrogen and oxygen atoms in total. The SMILES string of the molecule is CCCC1NC(=O)C(CC)N(C(C)CC(C)C)C1=O. The molecule has 0 bridgehead atoms. The summed E-state index contributed by atoms with van der Waals surface area (Å²) in [5.74, 6) is 0.632. The van der Waals surface area contributed by atoms with Gasteiger partial charge in [-0.2, -0.15) is 0 Å². The number of carbonyl (C=O) groups excluding carboxylic acids is 2.